The summed E-state index contributed by atoms with van der Waals surface area (Å²) in [5, 5.41) is 6.00. The fourth-order valence-electron chi connectivity index (χ4n) is 5.11. The van der Waals surface area contributed by atoms with Crippen molar-refractivity contribution in [1.82, 2.24) is 25.2 Å². The molecule has 6 rings (SSSR count). The number of hydrogen-bond acceptors (Lipinski definition) is 9. The number of halogens is 1. The molecule has 1 fully saturated rings. The van der Waals surface area contributed by atoms with Gasteiger partial charge in [0.15, 0.2) is 18.2 Å². The predicted octanol–water partition coefficient (Wildman–Crippen LogP) is 2.04. The molecule has 3 aliphatic heterocycles. The standard InChI is InChI=1S/C25H27FN6O4/c1-34-22-5-3-18-24(31-22)23-14(12-35-20(23)9-28-18)10-32-7-6-17(16(26)11-32)27-8-15-2-4-19-25(29-15)30-21(33)13-36-19/h2-5,9,14,16-17,27H,6-8,10-13H2,1H3,(H,29,30,33). The zero-order chi connectivity index (χ0) is 24.6. The molecule has 3 unspecified atom stereocenters. The molecule has 10 nitrogen and oxygen atoms in total. The highest BCUT2D eigenvalue weighted by Crippen LogP contribution is 2.39. The average molecular weight is 495 g/mol. The topological polar surface area (TPSA) is 111 Å². The van der Waals surface area contributed by atoms with Crippen LogP contribution in [0.2, 0.25) is 0 Å². The van der Waals surface area contributed by atoms with E-state index in [0.29, 0.717) is 50.1 Å². The van der Waals surface area contributed by atoms with Crippen LogP contribution in [-0.2, 0) is 11.3 Å². The van der Waals surface area contributed by atoms with Gasteiger partial charge in [-0.3, -0.25) is 14.7 Å². The Morgan fingerprint density at radius 3 is 3.00 bits per heavy atom. The summed E-state index contributed by atoms with van der Waals surface area (Å²) < 4.78 is 31.7. The van der Waals surface area contributed by atoms with Crippen LogP contribution >= 0.6 is 0 Å². The van der Waals surface area contributed by atoms with Gasteiger partial charge in [-0.15, -0.1) is 0 Å². The monoisotopic (exact) mass is 494 g/mol. The Labute approximate surface area is 207 Å². The molecule has 6 heterocycles. The summed E-state index contributed by atoms with van der Waals surface area (Å²) in [6, 6.07) is 7.02. The molecule has 0 bridgehead atoms. The minimum Gasteiger partial charge on any atom is -0.491 e. The van der Waals surface area contributed by atoms with E-state index >= 15 is 4.39 Å². The molecule has 3 atom stereocenters. The van der Waals surface area contributed by atoms with Crippen molar-refractivity contribution in [3.8, 4) is 17.4 Å². The van der Waals surface area contributed by atoms with Gasteiger partial charge in [0.1, 0.15) is 17.4 Å². The molecule has 3 aromatic heterocycles. The second-order valence-corrected chi connectivity index (χ2v) is 9.30. The quantitative estimate of drug-likeness (QED) is 0.532. The molecule has 1 amide bonds. The number of nitrogens with one attached hydrogen (secondary N) is 2. The van der Waals surface area contributed by atoms with Crippen LogP contribution in [0, 0.1) is 0 Å². The Kier molecular flexibility index (Phi) is 6.02. The molecule has 3 aliphatic rings. The number of carbonyl (C=O) groups is 1. The number of pyridine rings is 3. The number of amides is 1. The molecular formula is C25H27FN6O4. The van der Waals surface area contributed by atoms with Crippen molar-refractivity contribution >= 4 is 22.8 Å². The molecule has 2 N–H and O–H groups in total. The van der Waals surface area contributed by atoms with E-state index in [-0.39, 0.29) is 24.5 Å². The van der Waals surface area contributed by atoms with Gasteiger partial charge in [0.25, 0.3) is 5.91 Å². The molecule has 3 aromatic rings. The van der Waals surface area contributed by atoms with E-state index in [1.54, 1.807) is 25.4 Å². The molecule has 0 saturated carbocycles. The lowest BCUT2D eigenvalue weighted by atomic mass is 9.97. The molecule has 188 valence electrons. The van der Waals surface area contributed by atoms with Gasteiger partial charge < -0.3 is 24.8 Å². The molecular weight excluding hydrogens is 467 g/mol. The van der Waals surface area contributed by atoms with Gasteiger partial charge in [0.2, 0.25) is 5.88 Å². The molecule has 0 spiro atoms. The van der Waals surface area contributed by atoms with Crippen LogP contribution in [0.4, 0.5) is 10.2 Å². The van der Waals surface area contributed by atoms with E-state index < -0.39 is 6.17 Å². The first kappa shape index (κ1) is 22.9. The number of ether oxygens (including phenoxy) is 3. The van der Waals surface area contributed by atoms with E-state index in [2.05, 4.69) is 30.5 Å². The van der Waals surface area contributed by atoms with Crippen LogP contribution < -0.4 is 24.8 Å². The first-order chi connectivity index (χ1) is 17.6. The highest BCUT2D eigenvalue weighted by Gasteiger charge is 2.34. The number of rotatable bonds is 6. The summed E-state index contributed by atoms with van der Waals surface area (Å²) in [5.74, 6) is 2.07. The number of carbonyl (C=O) groups excluding carboxylic acids is 1. The number of fused-ring (bicyclic) bond motifs is 4. The first-order valence-electron chi connectivity index (χ1n) is 12.1. The maximum atomic E-state index is 15.2. The molecule has 0 aromatic carbocycles. The van der Waals surface area contributed by atoms with Crippen molar-refractivity contribution in [2.75, 3.05) is 45.3 Å². The van der Waals surface area contributed by atoms with Crippen LogP contribution in [0.25, 0.3) is 11.0 Å². The van der Waals surface area contributed by atoms with Crippen LogP contribution in [-0.4, -0.2) is 77.9 Å². The van der Waals surface area contributed by atoms with E-state index in [4.69, 9.17) is 14.2 Å². The maximum absolute atomic E-state index is 15.2. The number of aromatic nitrogens is 3. The summed E-state index contributed by atoms with van der Waals surface area (Å²) in [6.07, 6.45) is 1.40. The van der Waals surface area contributed by atoms with Gasteiger partial charge >= 0.3 is 0 Å². The zero-order valence-corrected chi connectivity index (χ0v) is 19.9. The smallest absolute Gasteiger partial charge is 0.263 e. The minimum absolute atomic E-state index is 0.00916. The van der Waals surface area contributed by atoms with Gasteiger partial charge in [0, 0.05) is 43.2 Å². The van der Waals surface area contributed by atoms with Crippen molar-refractivity contribution < 1.29 is 23.4 Å². The fraction of sp³-hybridized carbons (Fsp3) is 0.440. The van der Waals surface area contributed by atoms with Gasteiger partial charge in [-0.1, -0.05) is 0 Å². The number of likely N-dealkylation sites (tertiary alicyclic amines) is 1. The predicted molar refractivity (Wildman–Crippen MR) is 129 cm³/mol. The van der Waals surface area contributed by atoms with Crippen molar-refractivity contribution in [2.24, 2.45) is 0 Å². The van der Waals surface area contributed by atoms with Crippen molar-refractivity contribution in [3.05, 3.63) is 41.7 Å². The van der Waals surface area contributed by atoms with Crippen molar-refractivity contribution in [2.45, 2.75) is 31.1 Å². The van der Waals surface area contributed by atoms with E-state index in [9.17, 15) is 4.79 Å². The highest BCUT2D eigenvalue weighted by atomic mass is 19.1. The maximum Gasteiger partial charge on any atom is 0.263 e. The van der Waals surface area contributed by atoms with E-state index in [0.717, 1.165) is 34.6 Å². The largest absolute Gasteiger partial charge is 0.491 e. The lowest BCUT2D eigenvalue weighted by Crippen LogP contribution is -2.51. The summed E-state index contributed by atoms with van der Waals surface area (Å²) >= 11 is 0. The second-order valence-electron chi connectivity index (χ2n) is 9.30. The number of piperidine rings is 1. The van der Waals surface area contributed by atoms with Crippen LogP contribution in [0.15, 0.2) is 30.5 Å². The Morgan fingerprint density at radius 1 is 1.22 bits per heavy atom. The average Bonchev–Trinajstić information content (AvgIpc) is 3.30. The molecule has 1 saturated heterocycles. The number of nitrogens with zero attached hydrogens (tertiary/aromatic N) is 4. The van der Waals surface area contributed by atoms with Gasteiger partial charge in [-0.25, -0.2) is 14.4 Å². The Morgan fingerprint density at radius 2 is 2.14 bits per heavy atom. The second kappa shape index (κ2) is 9.47. The minimum atomic E-state index is -1.02. The van der Waals surface area contributed by atoms with Gasteiger partial charge in [-0.2, -0.15) is 0 Å². The van der Waals surface area contributed by atoms with Crippen molar-refractivity contribution in [1.29, 1.82) is 0 Å². The number of hydrogen-bond donors (Lipinski definition) is 2. The Balaban J connectivity index is 1.08. The summed E-state index contributed by atoms with van der Waals surface area (Å²) in [5.41, 5.74) is 3.31. The normalized spacial score (nSPS) is 23.4. The Bertz CT molecular complexity index is 1310. The number of alkyl halides is 1. The SMILES string of the molecule is COc1ccc2ncc3c(c2n1)C(CN1CCC(NCc2ccc4c(n2)NC(=O)CO4)C(F)C1)CO3. The third kappa shape index (κ3) is 4.40. The third-order valence-electron chi connectivity index (χ3n) is 6.93. The lowest BCUT2D eigenvalue weighted by molar-refractivity contribution is -0.118. The molecule has 11 heteroatoms. The number of anilines is 1. The van der Waals surface area contributed by atoms with Gasteiger partial charge in [0.05, 0.1) is 31.1 Å². The number of methoxy groups -OCH3 is 1. The van der Waals surface area contributed by atoms with Crippen LogP contribution in [0.1, 0.15) is 23.6 Å². The summed E-state index contributed by atoms with van der Waals surface area (Å²) in [7, 11) is 1.59. The Hall–Kier alpha value is -3.57. The van der Waals surface area contributed by atoms with E-state index in [1.165, 1.54) is 0 Å². The lowest BCUT2D eigenvalue weighted by Gasteiger charge is -2.36. The third-order valence-corrected chi connectivity index (χ3v) is 6.93. The molecule has 0 radical (unpaired) electrons. The van der Waals surface area contributed by atoms with Gasteiger partial charge in [-0.05, 0) is 31.2 Å². The summed E-state index contributed by atoms with van der Waals surface area (Å²) in [4.78, 5) is 27.2. The zero-order valence-electron chi connectivity index (χ0n) is 19.9. The first-order valence-corrected chi connectivity index (χ1v) is 12.1. The van der Waals surface area contributed by atoms with Crippen molar-refractivity contribution in [3.63, 3.8) is 0 Å². The summed E-state index contributed by atoms with van der Waals surface area (Å²) in [6.45, 7) is 2.71. The van der Waals surface area contributed by atoms with Crippen LogP contribution in [0.3, 0.4) is 0 Å². The van der Waals surface area contributed by atoms with E-state index in [1.807, 2.05) is 12.1 Å². The fourth-order valence-corrected chi connectivity index (χ4v) is 5.11. The molecule has 36 heavy (non-hydrogen) atoms. The molecule has 0 aliphatic carbocycles. The van der Waals surface area contributed by atoms with Crippen LogP contribution in [0.5, 0.6) is 17.4 Å². The highest BCUT2D eigenvalue weighted by molar-refractivity contribution is 5.94.